The monoisotopic (exact) mass is 385 g/mol. The molecule has 1 aliphatic heterocycles. The fourth-order valence-corrected chi connectivity index (χ4v) is 3.95. The van der Waals surface area contributed by atoms with Crippen LogP contribution in [0, 0.1) is 0 Å². The molecule has 2 amide bonds. The summed E-state index contributed by atoms with van der Waals surface area (Å²) >= 11 is 1.37. The van der Waals surface area contributed by atoms with E-state index in [0.29, 0.717) is 11.4 Å². The van der Waals surface area contributed by atoms with Gasteiger partial charge in [0.2, 0.25) is 5.91 Å². The Morgan fingerprint density at radius 2 is 1.93 bits per heavy atom. The highest BCUT2D eigenvalue weighted by molar-refractivity contribution is 7.12. The van der Waals surface area contributed by atoms with Crippen LogP contribution in [-0.4, -0.2) is 41.4 Å². The van der Waals surface area contributed by atoms with Gasteiger partial charge in [0.25, 0.3) is 5.91 Å². The van der Waals surface area contributed by atoms with Crippen molar-refractivity contribution in [2.45, 2.75) is 45.3 Å². The third-order valence-electron chi connectivity index (χ3n) is 5.17. The highest BCUT2D eigenvalue weighted by Gasteiger charge is 2.30. The first kappa shape index (κ1) is 19.6. The quantitative estimate of drug-likeness (QED) is 0.804. The number of thiophene rings is 1. The van der Waals surface area contributed by atoms with Crippen LogP contribution in [0.2, 0.25) is 0 Å². The van der Waals surface area contributed by atoms with Crippen LogP contribution < -0.4 is 10.6 Å². The summed E-state index contributed by atoms with van der Waals surface area (Å²) in [6.45, 7) is 8.42. The van der Waals surface area contributed by atoms with Crippen molar-refractivity contribution in [2.24, 2.45) is 0 Å². The van der Waals surface area contributed by atoms with E-state index in [1.807, 2.05) is 11.4 Å². The maximum absolute atomic E-state index is 12.4. The summed E-state index contributed by atoms with van der Waals surface area (Å²) in [5.41, 5.74) is 2.61. The summed E-state index contributed by atoms with van der Waals surface area (Å²) in [5.74, 6) is -0.370. The van der Waals surface area contributed by atoms with Crippen LogP contribution in [0.15, 0.2) is 41.8 Å². The molecule has 0 aliphatic carbocycles. The molecular formula is C21H27N3O2S. The molecule has 2 aromatic rings. The molecule has 2 heterocycles. The van der Waals surface area contributed by atoms with Gasteiger partial charge in [-0.15, -0.1) is 11.3 Å². The molecule has 0 radical (unpaired) electrons. The van der Waals surface area contributed by atoms with Crippen LogP contribution in [0.25, 0.3) is 0 Å². The molecule has 1 aromatic carbocycles. The molecular weight excluding hydrogens is 358 g/mol. The summed E-state index contributed by atoms with van der Waals surface area (Å²) in [6.07, 6.45) is 1.03. The Morgan fingerprint density at radius 3 is 2.63 bits per heavy atom. The number of rotatable bonds is 6. The average Bonchev–Trinajstić information content (AvgIpc) is 3.20. The van der Waals surface area contributed by atoms with E-state index >= 15 is 0 Å². The van der Waals surface area contributed by atoms with Crippen LogP contribution in [-0.2, 0) is 17.8 Å². The molecule has 0 spiro atoms. The minimum atomic E-state index is -0.572. The molecule has 144 valence electrons. The predicted molar refractivity (Wildman–Crippen MR) is 109 cm³/mol. The van der Waals surface area contributed by atoms with Crippen molar-refractivity contribution in [3.63, 3.8) is 0 Å². The molecule has 1 aliphatic rings. The van der Waals surface area contributed by atoms with E-state index in [1.165, 1.54) is 22.5 Å². The molecule has 2 N–H and O–H groups in total. The number of carbonyl (C=O) groups is 2. The second-order valence-corrected chi connectivity index (χ2v) is 8.59. The number of amides is 2. The van der Waals surface area contributed by atoms with Crippen LogP contribution in [0.1, 0.15) is 41.6 Å². The van der Waals surface area contributed by atoms with Crippen molar-refractivity contribution in [3.05, 3.63) is 57.8 Å². The summed E-state index contributed by atoms with van der Waals surface area (Å²) in [7, 11) is 0. The van der Waals surface area contributed by atoms with Crippen molar-refractivity contribution in [2.75, 3.05) is 13.1 Å². The predicted octanol–water partition coefficient (Wildman–Crippen LogP) is 2.82. The number of benzene rings is 1. The van der Waals surface area contributed by atoms with Gasteiger partial charge in [-0.25, -0.2) is 0 Å². The Kier molecular flexibility index (Phi) is 5.97. The van der Waals surface area contributed by atoms with E-state index in [1.54, 1.807) is 13.0 Å². The highest BCUT2D eigenvalue weighted by atomic mass is 32.1. The lowest BCUT2D eigenvalue weighted by Crippen LogP contribution is -2.55. The first-order valence-electron chi connectivity index (χ1n) is 9.31. The Bertz CT molecular complexity index is 802. The second kappa shape index (κ2) is 8.23. The molecule has 6 heteroatoms. The van der Waals surface area contributed by atoms with Crippen molar-refractivity contribution in [1.82, 2.24) is 15.5 Å². The molecule has 1 unspecified atom stereocenters. The van der Waals surface area contributed by atoms with Crippen LogP contribution in [0.5, 0.6) is 0 Å². The van der Waals surface area contributed by atoms with Gasteiger partial charge in [0, 0.05) is 25.2 Å². The lowest BCUT2D eigenvalue weighted by Gasteiger charge is -2.41. The molecule has 0 saturated carbocycles. The van der Waals surface area contributed by atoms with Crippen molar-refractivity contribution < 1.29 is 9.59 Å². The minimum Gasteiger partial charge on any atom is -0.352 e. The van der Waals surface area contributed by atoms with E-state index in [4.69, 9.17) is 0 Å². The van der Waals surface area contributed by atoms with Crippen molar-refractivity contribution in [1.29, 1.82) is 0 Å². The van der Waals surface area contributed by atoms with Gasteiger partial charge in [0.15, 0.2) is 0 Å². The fourth-order valence-electron chi connectivity index (χ4n) is 3.32. The maximum Gasteiger partial charge on any atom is 0.261 e. The van der Waals surface area contributed by atoms with Gasteiger partial charge in [0.1, 0.15) is 6.04 Å². The van der Waals surface area contributed by atoms with E-state index in [2.05, 4.69) is 53.6 Å². The molecule has 3 rings (SSSR count). The van der Waals surface area contributed by atoms with E-state index in [0.717, 1.165) is 19.5 Å². The van der Waals surface area contributed by atoms with Gasteiger partial charge < -0.3 is 10.6 Å². The van der Waals surface area contributed by atoms with E-state index in [9.17, 15) is 9.59 Å². The van der Waals surface area contributed by atoms with Gasteiger partial charge in [-0.3, -0.25) is 14.5 Å². The van der Waals surface area contributed by atoms with Crippen molar-refractivity contribution in [3.8, 4) is 0 Å². The number of nitrogens with zero attached hydrogens (tertiary/aromatic N) is 1. The molecule has 0 fully saturated rings. The van der Waals surface area contributed by atoms with E-state index < -0.39 is 6.04 Å². The molecule has 0 bridgehead atoms. The summed E-state index contributed by atoms with van der Waals surface area (Å²) in [5, 5.41) is 7.61. The number of carbonyl (C=O) groups excluding carboxylic acids is 2. The SMILES string of the molecule is CC(NC(=O)c1cccs1)C(=O)NCC(C)(C)N1CCc2ccccc2C1. The first-order chi connectivity index (χ1) is 12.9. The first-order valence-corrected chi connectivity index (χ1v) is 10.2. The largest absolute Gasteiger partial charge is 0.352 e. The highest BCUT2D eigenvalue weighted by Crippen LogP contribution is 2.24. The Hall–Kier alpha value is -2.18. The molecule has 5 nitrogen and oxygen atoms in total. The van der Waals surface area contributed by atoms with Gasteiger partial charge in [0.05, 0.1) is 4.88 Å². The lowest BCUT2D eigenvalue weighted by atomic mass is 9.94. The Labute approximate surface area is 164 Å². The van der Waals surface area contributed by atoms with Gasteiger partial charge >= 0.3 is 0 Å². The number of hydrogen-bond donors (Lipinski definition) is 2. The van der Waals surface area contributed by atoms with E-state index in [-0.39, 0.29) is 17.4 Å². The molecule has 0 saturated heterocycles. The van der Waals surface area contributed by atoms with Crippen LogP contribution in [0.4, 0.5) is 0 Å². The third-order valence-corrected chi connectivity index (χ3v) is 6.04. The Balaban J connectivity index is 1.52. The van der Waals surface area contributed by atoms with Crippen LogP contribution >= 0.6 is 11.3 Å². The smallest absolute Gasteiger partial charge is 0.261 e. The number of nitrogens with one attached hydrogen (secondary N) is 2. The number of fused-ring (bicyclic) bond motifs is 1. The lowest BCUT2D eigenvalue weighted by molar-refractivity contribution is -0.123. The molecule has 1 aromatic heterocycles. The second-order valence-electron chi connectivity index (χ2n) is 7.64. The average molecular weight is 386 g/mol. The zero-order valence-electron chi connectivity index (χ0n) is 16.1. The topological polar surface area (TPSA) is 61.4 Å². The third kappa shape index (κ3) is 4.76. The standard InChI is InChI=1S/C21H27N3O2S/c1-15(23-20(26)18-9-6-12-27-18)19(25)22-14-21(2,3)24-11-10-16-7-4-5-8-17(16)13-24/h4-9,12,15H,10-11,13-14H2,1-3H3,(H,22,25)(H,23,26). The van der Waals surface area contributed by atoms with Crippen LogP contribution in [0.3, 0.4) is 0 Å². The summed E-state index contributed by atoms with van der Waals surface area (Å²) < 4.78 is 0. The number of hydrogen-bond acceptors (Lipinski definition) is 4. The summed E-state index contributed by atoms with van der Waals surface area (Å²) in [6, 6.07) is 11.5. The molecule has 27 heavy (non-hydrogen) atoms. The van der Waals surface area contributed by atoms with Gasteiger partial charge in [-0.05, 0) is 49.8 Å². The minimum absolute atomic E-state index is 0.162. The fraction of sp³-hybridized carbons (Fsp3) is 0.429. The zero-order valence-corrected chi connectivity index (χ0v) is 16.9. The normalized spacial score (nSPS) is 15.7. The van der Waals surface area contributed by atoms with Crippen molar-refractivity contribution >= 4 is 23.2 Å². The van der Waals surface area contributed by atoms with Gasteiger partial charge in [-0.1, -0.05) is 30.3 Å². The molecule has 1 atom stereocenters. The maximum atomic E-state index is 12.4. The Morgan fingerprint density at radius 1 is 1.19 bits per heavy atom. The zero-order chi connectivity index (χ0) is 19.4. The summed E-state index contributed by atoms with van der Waals surface area (Å²) in [4.78, 5) is 27.6. The van der Waals surface area contributed by atoms with Gasteiger partial charge in [-0.2, -0.15) is 0 Å².